The molecule has 0 heterocycles. The summed E-state index contributed by atoms with van der Waals surface area (Å²) in [5, 5.41) is 46.4. The van der Waals surface area contributed by atoms with Gasteiger partial charge in [0.1, 0.15) is 35.4 Å². The number of rotatable bonds is 15. The van der Waals surface area contributed by atoms with E-state index in [9.17, 15) is 39.6 Å². The van der Waals surface area contributed by atoms with Crippen LogP contribution in [-0.4, -0.2) is 68.3 Å². The second kappa shape index (κ2) is 16.1. The topological polar surface area (TPSA) is 211 Å². The van der Waals surface area contributed by atoms with E-state index >= 15 is 0 Å². The van der Waals surface area contributed by atoms with Crippen molar-refractivity contribution in [3.8, 4) is 17.2 Å². The van der Waals surface area contributed by atoms with Crippen LogP contribution in [0.15, 0.2) is 72.8 Å². The molecule has 0 aliphatic carbocycles. The average molecular weight is 621 g/mol. The van der Waals surface area contributed by atoms with Gasteiger partial charge in [-0.1, -0.05) is 50.2 Å². The largest absolute Gasteiger partial charge is 0.508 e. The van der Waals surface area contributed by atoms with Gasteiger partial charge in [0.25, 0.3) is 0 Å². The number of carbonyl (C=O) groups excluding carboxylic acids is 3. The van der Waals surface area contributed by atoms with Gasteiger partial charge in [-0.05, 0) is 71.8 Å². The number of hydrogen-bond acceptors (Lipinski definition) is 8. The molecular formula is C33H40N4O8. The minimum absolute atomic E-state index is 0.0123. The molecule has 45 heavy (non-hydrogen) atoms. The summed E-state index contributed by atoms with van der Waals surface area (Å²) in [5.74, 6) is -3.24. The predicted octanol–water partition coefficient (Wildman–Crippen LogP) is 1.74. The second-order valence-electron chi connectivity index (χ2n) is 11.4. The summed E-state index contributed by atoms with van der Waals surface area (Å²) in [4.78, 5) is 52.1. The molecule has 0 saturated heterocycles. The highest BCUT2D eigenvalue weighted by molar-refractivity contribution is 5.94. The van der Waals surface area contributed by atoms with Crippen LogP contribution < -0.4 is 21.7 Å². The van der Waals surface area contributed by atoms with E-state index in [1.165, 1.54) is 36.4 Å². The number of carbonyl (C=O) groups is 4. The molecule has 4 unspecified atom stereocenters. The molecule has 0 spiro atoms. The van der Waals surface area contributed by atoms with E-state index in [1.54, 1.807) is 36.4 Å². The Kier molecular flexibility index (Phi) is 12.3. The van der Waals surface area contributed by atoms with Gasteiger partial charge in [0.15, 0.2) is 0 Å². The van der Waals surface area contributed by atoms with E-state index in [1.807, 2.05) is 13.8 Å². The number of aromatic hydroxyl groups is 3. The zero-order valence-corrected chi connectivity index (χ0v) is 25.1. The molecule has 12 nitrogen and oxygen atoms in total. The zero-order chi connectivity index (χ0) is 33.1. The molecule has 0 bridgehead atoms. The Morgan fingerprint density at radius 3 is 1.36 bits per heavy atom. The van der Waals surface area contributed by atoms with Crippen LogP contribution in [0, 0.1) is 5.92 Å². The number of amides is 3. The lowest BCUT2D eigenvalue weighted by Gasteiger charge is -2.26. The maximum Gasteiger partial charge on any atom is 0.326 e. The quantitative estimate of drug-likeness (QED) is 0.124. The van der Waals surface area contributed by atoms with Crippen LogP contribution in [0.4, 0.5) is 0 Å². The van der Waals surface area contributed by atoms with Crippen molar-refractivity contribution < 1.29 is 39.6 Å². The van der Waals surface area contributed by atoms with Gasteiger partial charge in [0.2, 0.25) is 17.7 Å². The van der Waals surface area contributed by atoms with Crippen LogP contribution >= 0.6 is 0 Å². The lowest BCUT2D eigenvalue weighted by molar-refractivity contribution is -0.142. The smallest absolute Gasteiger partial charge is 0.326 e. The molecule has 9 N–H and O–H groups in total. The van der Waals surface area contributed by atoms with E-state index in [0.29, 0.717) is 16.7 Å². The SMILES string of the molecule is CC(C)CC(NC(=O)C(Cc1ccc(O)cc1)NC(=O)C(N)Cc1ccc(O)cc1)C(=O)NC(Cc1ccc(O)cc1)C(=O)O. The number of hydrogen-bond donors (Lipinski definition) is 8. The van der Waals surface area contributed by atoms with Crippen LogP contribution in [0.3, 0.4) is 0 Å². The Morgan fingerprint density at radius 2 is 0.933 bits per heavy atom. The standard InChI is InChI=1S/C33H40N4O8/c1-19(2)15-27(31(42)37-29(33(44)45)18-22-7-13-25(40)14-8-22)36-32(43)28(17-21-5-11-24(39)12-6-21)35-30(41)26(34)16-20-3-9-23(38)10-4-20/h3-14,19,26-29,38-40H,15-18,34H2,1-2H3,(H,35,41)(H,36,43)(H,37,42)(H,44,45). The van der Waals surface area contributed by atoms with Gasteiger partial charge < -0.3 is 42.1 Å². The summed E-state index contributed by atoms with van der Waals surface area (Å²) in [7, 11) is 0. The molecule has 3 amide bonds. The first-order valence-corrected chi connectivity index (χ1v) is 14.5. The van der Waals surface area contributed by atoms with E-state index in [2.05, 4.69) is 16.0 Å². The van der Waals surface area contributed by atoms with E-state index in [0.717, 1.165) is 0 Å². The summed E-state index contributed by atoms with van der Waals surface area (Å²) in [6, 6.07) is 13.6. The number of phenols is 3. The Bertz CT molecular complexity index is 1440. The minimum Gasteiger partial charge on any atom is -0.508 e. The first-order valence-electron chi connectivity index (χ1n) is 14.5. The molecule has 240 valence electrons. The van der Waals surface area contributed by atoms with Crippen LogP contribution in [0.5, 0.6) is 17.2 Å². The number of carboxylic acid groups (broad SMARTS) is 1. The molecule has 0 radical (unpaired) electrons. The number of nitrogens with one attached hydrogen (secondary N) is 3. The molecule has 0 aromatic heterocycles. The van der Waals surface area contributed by atoms with Crippen molar-refractivity contribution in [1.82, 2.24) is 16.0 Å². The lowest BCUT2D eigenvalue weighted by atomic mass is 9.99. The Balaban J connectivity index is 1.77. The van der Waals surface area contributed by atoms with Gasteiger partial charge in [-0.25, -0.2) is 4.79 Å². The van der Waals surface area contributed by atoms with Gasteiger partial charge in [0.05, 0.1) is 6.04 Å². The van der Waals surface area contributed by atoms with Crippen LogP contribution in [0.1, 0.15) is 37.0 Å². The molecule has 4 atom stereocenters. The van der Waals surface area contributed by atoms with Crippen molar-refractivity contribution in [2.24, 2.45) is 11.7 Å². The molecule has 3 rings (SSSR count). The zero-order valence-electron chi connectivity index (χ0n) is 25.1. The first kappa shape index (κ1) is 34.4. The predicted molar refractivity (Wildman–Crippen MR) is 166 cm³/mol. The maximum atomic E-state index is 13.6. The van der Waals surface area contributed by atoms with Gasteiger partial charge in [-0.3, -0.25) is 14.4 Å². The number of carboxylic acids is 1. The number of phenolic OH excluding ortho intramolecular Hbond substituents is 3. The third-order valence-corrected chi connectivity index (χ3v) is 7.07. The van der Waals surface area contributed by atoms with Crippen molar-refractivity contribution >= 4 is 23.7 Å². The highest BCUT2D eigenvalue weighted by Gasteiger charge is 2.31. The summed E-state index contributed by atoms with van der Waals surface area (Å²) in [6.07, 6.45) is 0.277. The van der Waals surface area contributed by atoms with Gasteiger partial charge in [-0.2, -0.15) is 0 Å². The Labute approximate surface area is 261 Å². The lowest BCUT2D eigenvalue weighted by Crippen LogP contribution is -2.58. The fraction of sp³-hybridized carbons (Fsp3) is 0.333. The molecular weight excluding hydrogens is 580 g/mol. The molecule has 0 fully saturated rings. The molecule has 3 aromatic carbocycles. The van der Waals surface area contributed by atoms with Crippen LogP contribution in [0.2, 0.25) is 0 Å². The van der Waals surface area contributed by atoms with Crippen LogP contribution in [0.25, 0.3) is 0 Å². The summed E-state index contributed by atoms with van der Waals surface area (Å²) >= 11 is 0. The van der Waals surface area contributed by atoms with Crippen molar-refractivity contribution in [1.29, 1.82) is 0 Å². The monoisotopic (exact) mass is 620 g/mol. The van der Waals surface area contributed by atoms with Crippen molar-refractivity contribution in [3.05, 3.63) is 89.5 Å². The maximum absolute atomic E-state index is 13.6. The third kappa shape index (κ3) is 11.2. The highest BCUT2D eigenvalue weighted by Crippen LogP contribution is 2.15. The fourth-order valence-corrected chi connectivity index (χ4v) is 4.65. The van der Waals surface area contributed by atoms with E-state index in [4.69, 9.17) is 5.73 Å². The third-order valence-electron chi connectivity index (χ3n) is 7.07. The molecule has 0 aliphatic heterocycles. The number of benzene rings is 3. The van der Waals surface area contributed by atoms with Crippen molar-refractivity contribution in [2.75, 3.05) is 0 Å². The van der Waals surface area contributed by atoms with E-state index < -0.39 is 47.9 Å². The summed E-state index contributed by atoms with van der Waals surface area (Å²) in [6.45, 7) is 3.69. The highest BCUT2D eigenvalue weighted by atomic mass is 16.4. The van der Waals surface area contributed by atoms with Crippen molar-refractivity contribution in [3.63, 3.8) is 0 Å². The molecule has 3 aromatic rings. The Morgan fingerprint density at radius 1 is 0.578 bits per heavy atom. The summed E-state index contributed by atoms with van der Waals surface area (Å²) < 4.78 is 0. The van der Waals surface area contributed by atoms with Gasteiger partial charge >= 0.3 is 5.97 Å². The van der Waals surface area contributed by atoms with Crippen molar-refractivity contribution in [2.45, 2.75) is 63.7 Å². The summed E-state index contributed by atoms with van der Waals surface area (Å²) in [5.41, 5.74) is 8.03. The number of aliphatic carboxylic acids is 1. The molecule has 0 saturated carbocycles. The Hall–Kier alpha value is -5.10. The van der Waals surface area contributed by atoms with E-state index in [-0.39, 0.29) is 48.8 Å². The average Bonchev–Trinajstić information content (AvgIpc) is 2.99. The number of nitrogens with two attached hydrogens (primary N) is 1. The molecule has 0 aliphatic rings. The van der Waals surface area contributed by atoms with Crippen LogP contribution in [-0.2, 0) is 38.4 Å². The normalized spacial score (nSPS) is 13.7. The second-order valence-corrected chi connectivity index (χ2v) is 11.4. The first-order chi connectivity index (χ1) is 21.3. The fourth-order valence-electron chi connectivity index (χ4n) is 4.65. The minimum atomic E-state index is -1.31. The van der Waals surface area contributed by atoms with Gasteiger partial charge in [0, 0.05) is 12.8 Å². The molecule has 12 heteroatoms. The van der Waals surface area contributed by atoms with Gasteiger partial charge in [-0.15, -0.1) is 0 Å².